The Bertz CT molecular complexity index is 1050. The first-order valence-corrected chi connectivity index (χ1v) is 12.6. The second-order valence-electron chi connectivity index (χ2n) is 8.08. The molecule has 1 aliphatic rings. The lowest BCUT2D eigenvalue weighted by molar-refractivity contribution is -0.119. The number of anilines is 1. The summed E-state index contributed by atoms with van der Waals surface area (Å²) in [4.78, 5) is 25.7. The van der Waals surface area contributed by atoms with Gasteiger partial charge in [0.1, 0.15) is 12.6 Å². The number of nitrogens with two attached hydrogens (primary N) is 1. The molecule has 0 radical (unpaired) electrons. The van der Waals surface area contributed by atoms with Gasteiger partial charge in [0.05, 0.1) is 6.26 Å². The third kappa shape index (κ3) is 7.28. The number of amides is 2. The highest BCUT2D eigenvalue weighted by atomic mass is 32.2. The van der Waals surface area contributed by atoms with Crippen LogP contribution in [0, 0.1) is 5.92 Å². The van der Waals surface area contributed by atoms with E-state index in [9.17, 15) is 18.0 Å². The first kappa shape index (κ1) is 24.7. The molecular formula is C23H30N4O5S. The predicted molar refractivity (Wildman–Crippen MR) is 126 cm³/mol. The molecule has 0 unspecified atom stereocenters. The van der Waals surface area contributed by atoms with Gasteiger partial charge in [0.25, 0.3) is 0 Å². The zero-order valence-corrected chi connectivity index (χ0v) is 19.4. The van der Waals surface area contributed by atoms with E-state index in [-0.39, 0.29) is 25.6 Å². The van der Waals surface area contributed by atoms with Crippen LogP contribution in [0.1, 0.15) is 24.0 Å². The molecule has 2 aromatic rings. The number of benzene rings is 2. The molecule has 0 aliphatic carbocycles. The smallest absolute Gasteiger partial charge is 0.408 e. The summed E-state index contributed by atoms with van der Waals surface area (Å²) in [7, 11) is -3.30. The van der Waals surface area contributed by atoms with E-state index in [0.717, 1.165) is 11.1 Å². The van der Waals surface area contributed by atoms with Crippen molar-refractivity contribution in [1.29, 1.82) is 0 Å². The summed E-state index contributed by atoms with van der Waals surface area (Å²) in [6.45, 7) is 0.987. The van der Waals surface area contributed by atoms with Gasteiger partial charge in [-0.2, -0.15) is 0 Å². The van der Waals surface area contributed by atoms with E-state index in [1.165, 1.54) is 10.6 Å². The number of carbonyl (C=O) groups excluding carboxylic acids is 2. The molecule has 1 saturated heterocycles. The largest absolute Gasteiger partial charge is 0.445 e. The van der Waals surface area contributed by atoms with Gasteiger partial charge in [0, 0.05) is 25.3 Å². The third-order valence-corrected chi connectivity index (χ3v) is 6.94. The summed E-state index contributed by atoms with van der Waals surface area (Å²) in [5.41, 5.74) is 7.94. The van der Waals surface area contributed by atoms with Crippen LogP contribution in [0.2, 0.25) is 0 Å². The van der Waals surface area contributed by atoms with E-state index in [1.54, 1.807) is 18.2 Å². The van der Waals surface area contributed by atoms with E-state index < -0.39 is 28.1 Å². The van der Waals surface area contributed by atoms with Crippen molar-refractivity contribution in [2.75, 3.05) is 24.7 Å². The molecule has 178 valence electrons. The number of nitrogens with one attached hydrogen (secondary N) is 2. The first-order valence-electron chi connectivity index (χ1n) is 10.8. The Kier molecular flexibility index (Phi) is 8.43. The second-order valence-corrected chi connectivity index (χ2v) is 10.1. The maximum atomic E-state index is 13.2. The van der Waals surface area contributed by atoms with E-state index in [4.69, 9.17) is 10.5 Å². The van der Waals surface area contributed by atoms with Gasteiger partial charge >= 0.3 is 6.09 Å². The fourth-order valence-electron chi connectivity index (χ4n) is 3.83. The van der Waals surface area contributed by atoms with Crippen molar-refractivity contribution in [1.82, 2.24) is 9.62 Å². The van der Waals surface area contributed by atoms with Crippen LogP contribution in [-0.4, -0.2) is 50.1 Å². The van der Waals surface area contributed by atoms with Crippen molar-refractivity contribution in [3.05, 3.63) is 65.7 Å². The summed E-state index contributed by atoms with van der Waals surface area (Å²) >= 11 is 0. The molecule has 0 spiro atoms. The molecule has 3 rings (SSSR count). The average molecular weight is 475 g/mol. The summed E-state index contributed by atoms with van der Waals surface area (Å²) in [5.74, 6) is -0.636. The second kappa shape index (κ2) is 11.3. The van der Waals surface area contributed by atoms with Crippen molar-refractivity contribution in [2.45, 2.75) is 32.0 Å². The number of ether oxygens (including phenoxy) is 1. The molecule has 1 heterocycles. The lowest BCUT2D eigenvalue weighted by Gasteiger charge is -2.34. The number of hydrogen-bond acceptors (Lipinski definition) is 6. The highest BCUT2D eigenvalue weighted by molar-refractivity contribution is 7.88. The standard InChI is InChI=1S/C23H30N4O5S/c1-33(30,31)27-12-10-19(11-13-27)21(22(28)25-20-9-5-8-18(14-20)15-24)26-23(29)32-16-17-6-3-2-4-7-17/h2-9,14,19,21H,10-13,15-16,24H2,1H3,(H,25,28)(H,26,29)/t21-/m1/s1. The molecule has 1 fully saturated rings. The van der Waals surface area contributed by atoms with Gasteiger partial charge in [0.15, 0.2) is 0 Å². The zero-order chi connectivity index (χ0) is 23.8. The Morgan fingerprint density at radius 1 is 1.09 bits per heavy atom. The van der Waals surface area contributed by atoms with E-state index in [1.807, 2.05) is 36.4 Å². The van der Waals surface area contributed by atoms with Crippen molar-refractivity contribution in [3.8, 4) is 0 Å². The Morgan fingerprint density at radius 3 is 2.39 bits per heavy atom. The molecule has 9 nitrogen and oxygen atoms in total. The van der Waals surface area contributed by atoms with Crippen molar-refractivity contribution in [2.24, 2.45) is 11.7 Å². The minimum atomic E-state index is -3.30. The van der Waals surface area contributed by atoms with Gasteiger partial charge in [-0.25, -0.2) is 17.5 Å². The van der Waals surface area contributed by atoms with Crippen LogP contribution in [0.15, 0.2) is 54.6 Å². The summed E-state index contributed by atoms with van der Waals surface area (Å²) in [6.07, 6.45) is 1.33. The SMILES string of the molecule is CS(=O)(=O)N1CCC([C@@H](NC(=O)OCc2ccccc2)C(=O)Nc2cccc(CN)c2)CC1. The normalized spacial score (nSPS) is 16.1. The van der Waals surface area contributed by atoms with Gasteiger partial charge in [-0.1, -0.05) is 42.5 Å². The van der Waals surface area contributed by atoms with Crippen molar-refractivity contribution < 1.29 is 22.7 Å². The third-order valence-electron chi connectivity index (χ3n) is 5.64. The Labute approximate surface area is 194 Å². The topological polar surface area (TPSA) is 131 Å². The lowest BCUT2D eigenvalue weighted by atomic mass is 9.89. The van der Waals surface area contributed by atoms with E-state index >= 15 is 0 Å². The summed E-state index contributed by atoms with van der Waals surface area (Å²) in [5, 5.41) is 5.53. The molecule has 2 aromatic carbocycles. The molecule has 0 saturated carbocycles. The minimum Gasteiger partial charge on any atom is -0.445 e. The highest BCUT2D eigenvalue weighted by Gasteiger charge is 2.35. The van der Waals surface area contributed by atoms with Crippen LogP contribution in [0.4, 0.5) is 10.5 Å². The molecular weight excluding hydrogens is 444 g/mol. The van der Waals surface area contributed by atoms with Crippen LogP contribution < -0.4 is 16.4 Å². The molecule has 2 amide bonds. The Balaban J connectivity index is 1.69. The number of rotatable bonds is 8. The number of hydrogen-bond donors (Lipinski definition) is 3. The minimum absolute atomic E-state index is 0.0755. The van der Waals surface area contributed by atoms with E-state index in [0.29, 0.717) is 25.1 Å². The maximum Gasteiger partial charge on any atom is 0.408 e. The zero-order valence-electron chi connectivity index (χ0n) is 18.6. The molecule has 10 heteroatoms. The number of carbonyl (C=O) groups is 2. The monoisotopic (exact) mass is 474 g/mol. The van der Waals surface area contributed by atoms with Gasteiger partial charge in [-0.3, -0.25) is 4.79 Å². The average Bonchev–Trinajstić information content (AvgIpc) is 2.81. The van der Waals surface area contributed by atoms with Crippen LogP contribution in [0.3, 0.4) is 0 Å². The van der Waals surface area contributed by atoms with Crippen LogP contribution in [0.25, 0.3) is 0 Å². The lowest BCUT2D eigenvalue weighted by Crippen LogP contribution is -2.52. The van der Waals surface area contributed by atoms with Gasteiger partial charge in [0.2, 0.25) is 15.9 Å². The van der Waals surface area contributed by atoms with Crippen molar-refractivity contribution >= 4 is 27.7 Å². The summed E-state index contributed by atoms with van der Waals surface area (Å²) in [6, 6.07) is 15.5. The number of nitrogens with zero attached hydrogens (tertiary/aromatic N) is 1. The molecule has 1 atom stereocenters. The molecule has 1 aliphatic heterocycles. The van der Waals surface area contributed by atoms with Crippen LogP contribution in [-0.2, 0) is 32.7 Å². The maximum absolute atomic E-state index is 13.2. The van der Waals surface area contributed by atoms with Crippen LogP contribution in [0.5, 0.6) is 0 Å². The quantitative estimate of drug-likeness (QED) is 0.537. The Morgan fingerprint density at radius 2 is 1.76 bits per heavy atom. The molecule has 4 N–H and O–H groups in total. The predicted octanol–water partition coefficient (Wildman–Crippen LogP) is 2.05. The first-order chi connectivity index (χ1) is 15.8. The summed E-state index contributed by atoms with van der Waals surface area (Å²) < 4.78 is 30.4. The van der Waals surface area contributed by atoms with Crippen molar-refractivity contribution in [3.63, 3.8) is 0 Å². The van der Waals surface area contributed by atoms with Crippen LogP contribution >= 0.6 is 0 Å². The fourth-order valence-corrected chi connectivity index (χ4v) is 4.70. The molecule has 0 bridgehead atoms. The highest BCUT2D eigenvalue weighted by Crippen LogP contribution is 2.24. The number of piperidine rings is 1. The molecule has 0 aromatic heterocycles. The number of alkyl carbamates (subject to hydrolysis) is 1. The van der Waals surface area contributed by atoms with E-state index in [2.05, 4.69) is 10.6 Å². The fraction of sp³-hybridized carbons (Fsp3) is 0.391. The van der Waals surface area contributed by atoms with Gasteiger partial charge in [-0.15, -0.1) is 0 Å². The van der Waals surface area contributed by atoms with Gasteiger partial charge < -0.3 is 21.1 Å². The number of sulfonamides is 1. The van der Waals surface area contributed by atoms with Gasteiger partial charge in [-0.05, 0) is 42.0 Å². The Hall–Kier alpha value is -2.95. The molecule has 33 heavy (non-hydrogen) atoms.